The number of aryl methyl sites for hydroxylation is 1. The van der Waals surface area contributed by atoms with Crippen LogP contribution in [0.4, 0.5) is 5.95 Å². The standard InChI is InChI=1S/C16H23N5O2/c1-20-12-13(11-19-20)10-14-15(23-9-8-22-2)4-7-21(14)16-17-5-3-6-18-16/h3,5-6,11-12,14-15H,4,7-10H2,1-2H3/t14-,15-/m0/s1. The van der Waals surface area contributed by atoms with E-state index >= 15 is 0 Å². The predicted molar refractivity (Wildman–Crippen MR) is 86.3 cm³/mol. The molecule has 124 valence electrons. The molecule has 1 saturated heterocycles. The van der Waals surface area contributed by atoms with Crippen LogP contribution in [0.15, 0.2) is 30.9 Å². The van der Waals surface area contributed by atoms with Crippen LogP contribution in [0.3, 0.4) is 0 Å². The molecule has 0 radical (unpaired) electrons. The van der Waals surface area contributed by atoms with Crippen LogP contribution in [0.2, 0.25) is 0 Å². The Hall–Kier alpha value is -1.99. The van der Waals surface area contributed by atoms with E-state index in [2.05, 4.69) is 26.2 Å². The third-order valence-corrected chi connectivity index (χ3v) is 4.12. The molecule has 3 rings (SSSR count). The molecular weight excluding hydrogens is 294 g/mol. The van der Waals surface area contributed by atoms with Crippen LogP contribution in [-0.2, 0) is 22.9 Å². The fraction of sp³-hybridized carbons (Fsp3) is 0.562. The summed E-state index contributed by atoms with van der Waals surface area (Å²) < 4.78 is 13.0. The Morgan fingerprint density at radius 1 is 1.26 bits per heavy atom. The third-order valence-electron chi connectivity index (χ3n) is 4.12. The third kappa shape index (κ3) is 3.86. The molecule has 0 spiro atoms. The molecule has 2 aromatic heterocycles. The minimum atomic E-state index is 0.147. The van der Waals surface area contributed by atoms with E-state index in [1.54, 1.807) is 19.5 Å². The summed E-state index contributed by atoms with van der Waals surface area (Å²) in [7, 11) is 3.62. The monoisotopic (exact) mass is 317 g/mol. The van der Waals surface area contributed by atoms with Crippen LogP contribution in [-0.4, -0.2) is 58.8 Å². The SMILES string of the molecule is COCCO[C@H]1CCN(c2ncccn2)[C@H]1Cc1cnn(C)c1. The Morgan fingerprint density at radius 3 is 2.78 bits per heavy atom. The van der Waals surface area contributed by atoms with Crippen molar-refractivity contribution in [2.45, 2.75) is 25.0 Å². The number of nitrogens with zero attached hydrogens (tertiary/aromatic N) is 5. The van der Waals surface area contributed by atoms with E-state index in [0.29, 0.717) is 13.2 Å². The zero-order valence-corrected chi connectivity index (χ0v) is 13.6. The maximum absolute atomic E-state index is 6.04. The molecule has 2 atom stereocenters. The smallest absolute Gasteiger partial charge is 0.225 e. The van der Waals surface area contributed by atoms with E-state index in [9.17, 15) is 0 Å². The maximum atomic E-state index is 6.04. The first-order valence-corrected chi connectivity index (χ1v) is 7.89. The fourth-order valence-corrected chi connectivity index (χ4v) is 3.05. The first kappa shape index (κ1) is 15.9. The second kappa shape index (κ2) is 7.52. The number of hydrogen-bond donors (Lipinski definition) is 0. The Morgan fingerprint density at radius 2 is 2.09 bits per heavy atom. The summed E-state index contributed by atoms with van der Waals surface area (Å²) in [4.78, 5) is 11.0. The van der Waals surface area contributed by atoms with Crippen molar-refractivity contribution < 1.29 is 9.47 Å². The Bertz CT molecular complexity index is 604. The molecule has 1 aliphatic heterocycles. The van der Waals surface area contributed by atoms with Crippen LogP contribution >= 0.6 is 0 Å². The summed E-state index contributed by atoms with van der Waals surface area (Å²) in [5, 5.41) is 4.26. The van der Waals surface area contributed by atoms with E-state index in [-0.39, 0.29) is 12.1 Å². The Labute approximate surface area is 136 Å². The molecule has 0 N–H and O–H groups in total. The topological polar surface area (TPSA) is 65.3 Å². The van der Waals surface area contributed by atoms with Gasteiger partial charge in [0.25, 0.3) is 0 Å². The largest absolute Gasteiger partial charge is 0.382 e. The molecule has 0 aliphatic carbocycles. The van der Waals surface area contributed by atoms with Gasteiger partial charge in [0.15, 0.2) is 0 Å². The number of ether oxygens (including phenoxy) is 2. The quantitative estimate of drug-likeness (QED) is 0.712. The number of methoxy groups -OCH3 is 1. The number of anilines is 1. The van der Waals surface area contributed by atoms with Gasteiger partial charge in [0.2, 0.25) is 5.95 Å². The van der Waals surface area contributed by atoms with Crippen LogP contribution in [0.25, 0.3) is 0 Å². The lowest BCUT2D eigenvalue weighted by Crippen LogP contribution is -2.39. The van der Waals surface area contributed by atoms with E-state index in [1.807, 2.05) is 24.0 Å². The highest BCUT2D eigenvalue weighted by Gasteiger charge is 2.36. The van der Waals surface area contributed by atoms with Gasteiger partial charge in [-0.15, -0.1) is 0 Å². The number of rotatable bonds is 7. The average molecular weight is 317 g/mol. The zero-order chi connectivity index (χ0) is 16.1. The van der Waals surface area contributed by atoms with Gasteiger partial charge in [-0.25, -0.2) is 9.97 Å². The second-order valence-corrected chi connectivity index (χ2v) is 5.73. The van der Waals surface area contributed by atoms with Gasteiger partial charge in [-0.2, -0.15) is 5.10 Å². The highest BCUT2D eigenvalue weighted by molar-refractivity contribution is 5.35. The molecule has 7 nitrogen and oxygen atoms in total. The van der Waals surface area contributed by atoms with Crippen LogP contribution in [0, 0.1) is 0 Å². The minimum absolute atomic E-state index is 0.147. The van der Waals surface area contributed by atoms with Crippen LogP contribution in [0.1, 0.15) is 12.0 Å². The van der Waals surface area contributed by atoms with Gasteiger partial charge in [0.1, 0.15) is 0 Å². The number of hydrogen-bond acceptors (Lipinski definition) is 6. The summed E-state index contributed by atoms with van der Waals surface area (Å²) in [6.07, 6.45) is 9.50. The van der Waals surface area contributed by atoms with Crippen molar-refractivity contribution in [2.24, 2.45) is 7.05 Å². The molecule has 3 heterocycles. The van der Waals surface area contributed by atoms with E-state index in [4.69, 9.17) is 9.47 Å². The summed E-state index contributed by atoms with van der Waals surface area (Å²) >= 11 is 0. The van der Waals surface area contributed by atoms with Gasteiger partial charge < -0.3 is 14.4 Å². The highest BCUT2D eigenvalue weighted by Crippen LogP contribution is 2.27. The maximum Gasteiger partial charge on any atom is 0.225 e. The fourth-order valence-electron chi connectivity index (χ4n) is 3.05. The van der Waals surface area contributed by atoms with Crippen molar-refractivity contribution in [1.82, 2.24) is 19.7 Å². The zero-order valence-electron chi connectivity index (χ0n) is 13.6. The van der Waals surface area contributed by atoms with E-state index in [1.165, 1.54) is 5.56 Å². The van der Waals surface area contributed by atoms with Crippen molar-refractivity contribution in [1.29, 1.82) is 0 Å². The highest BCUT2D eigenvalue weighted by atomic mass is 16.5. The lowest BCUT2D eigenvalue weighted by Gasteiger charge is -2.27. The van der Waals surface area contributed by atoms with Crippen molar-refractivity contribution in [2.75, 3.05) is 31.8 Å². The van der Waals surface area contributed by atoms with Gasteiger partial charge in [-0.1, -0.05) is 0 Å². The van der Waals surface area contributed by atoms with Gasteiger partial charge in [0, 0.05) is 39.3 Å². The first-order valence-electron chi connectivity index (χ1n) is 7.89. The van der Waals surface area contributed by atoms with Gasteiger partial charge in [-0.05, 0) is 24.5 Å². The molecule has 0 bridgehead atoms. The molecule has 0 unspecified atom stereocenters. The molecule has 0 amide bonds. The Kier molecular flexibility index (Phi) is 5.19. The molecule has 7 heteroatoms. The molecule has 23 heavy (non-hydrogen) atoms. The van der Waals surface area contributed by atoms with Crippen LogP contribution in [0.5, 0.6) is 0 Å². The molecule has 1 fully saturated rings. The lowest BCUT2D eigenvalue weighted by molar-refractivity contribution is 0.0136. The molecule has 0 aromatic carbocycles. The van der Waals surface area contributed by atoms with Crippen molar-refractivity contribution >= 4 is 5.95 Å². The Balaban J connectivity index is 1.75. The minimum Gasteiger partial charge on any atom is -0.382 e. The van der Waals surface area contributed by atoms with Gasteiger partial charge >= 0.3 is 0 Å². The first-order chi connectivity index (χ1) is 11.3. The summed E-state index contributed by atoms with van der Waals surface area (Å²) in [6, 6.07) is 2.04. The molecular formula is C16H23N5O2. The van der Waals surface area contributed by atoms with E-state index in [0.717, 1.165) is 25.3 Å². The summed E-state index contributed by atoms with van der Waals surface area (Å²) in [5.74, 6) is 0.763. The molecule has 2 aromatic rings. The van der Waals surface area contributed by atoms with Crippen molar-refractivity contribution in [3.63, 3.8) is 0 Å². The number of aromatic nitrogens is 4. The predicted octanol–water partition coefficient (Wildman–Crippen LogP) is 1.06. The van der Waals surface area contributed by atoms with E-state index < -0.39 is 0 Å². The average Bonchev–Trinajstić information content (AvgIpc) is 3.16. The van der Waals surface area contributed by atoms with Crippen LogP contribution < -0.4 is 4.90 Å². The second-order valence-electron chi connectivity index (χ2n) is 5.73. The normalized spacial score (nSPS) is 21.0. The lowest BCUT2D eigenvalue weighted by atomic mass is 10.0. The van der Waals surface area contributed by atoms with Gasteiger partial charge in [-0.3, -0.25) is 4.68 Å². The molecule has 0 saturated carbocycles. The molecule has 1 aliphatic rings. The summed E-state index contributed by atoms with van der Waals surface area (Å²) in [6.45, 7) is 2.11. The van der Waals surface area contributed by atoms with Crippen molar-refractivity contribution in [3.8, 4) is 0 Å². The van der Waals surface area contributed by atoms with Gasteiger partial charge in [0.05, 0.1) is 31.6 Å². The summed E-state index contributed by atoms with van der Waals surface area (Å²) in [5.41, 5.74) is 1.20. The van der Waals surface area contributed by atoms with Crippen molar-refractivity contribution in [3.05, 3.63) is 36.4 Å².